The number of aromatic nitrogens is 4. The zero-order valence-corrected chi connectivity index (χ0v) is 19.7. The van der Waals surface area contributed by atoms with Gasteiger partial charge in [0.25, 0.3) is 5.91 Å². The number of fused-ring (bicyclic) bond motifs is 3. The third-order valence-electron chi connectivity index (χ3n) is 5.59. The summed E-state index contributed by atoms with van der Waals surface area (Å²) in [6, 6.07) is 22.1. The molecule has 9 heteroatoms. The topological polar surface area (TPSA) is 103 Å². The zero-order chi connectivity index (χ0) is 24.4. The van der Waals surface area contributed by atoms with Crippen molar-refractivity contribution in [2.45, 2.75) is 10.9 Å². The Labute approximate surface area is 205 Å². The van der Waals surface area contributed by atoms with Crippen LogP contribution in [0.4, 0.5) is 0 Å². The maximum absolute atomic E-state index is 13.7. The normalized spacial score (nSPS) is 10.9. The lowest BCUT2D eigenvalue weighted by Crippen LogP contribution is -2.13. The van der Waals surface area contributed by atoms with Crippen molar-refractivity contribution in [1.82, 2.24) is 19.7 Å². The fourth-order valence-corrected chi connectivity index (χ4v) is 4.67. The Hall–Kier alpha value is -4.42. The second-order valence-corrected chi connectivity index (χ2v) is 8.49. The van der Waals surface area contributed by atoms with E-state index in [0.717, 1.165) is 10.9 Å². The Morgan fingerprint density at radius 1 is 1.00 bits per heavy atom. The molecular formula is C26H19N5O3S. The van der Waals surface area contributed by atoms with E-state index >= 15 is 0 Å². The molecule has 0 aliphatic heterocycles. The molecule has 5 rings (SSSR count). The molecule has 0 bridgehead atoms. The number of carbonyl (C=O) groups excluding carboxylic acids is 1. The van der Waals surface area contributed by atoms with E-state index in [0.29, 0.717) is 50.2 Å². The maximum Gasteiger partial charge on any atom is 0.264 e. The number of nitrogens with zero attached hydrogens (tertiary/aromatic N) is 5. The number of rotatable bonds is 6. The van der Waals surface area contributed by atoms with Crippen LogP contribution in [0.3, 0.4) is 0 Å². The van der Waals surface area contributed by atoms with Gasteiger partial charge in [-0.1, -0.05) is 48.2 Å². The number of benzene rings is 3. The van der Waals surface area contributed by atoms with Crippen LogP contribution in [0, 0.1) is 11.3 Å². The monoisotopic (exact) mass is 481 g/mol. The van der Waals surface area contributed by atoms with Gasteiger partial charge in [-0.15, -0.1) is 10.2 Å². The van der Waals surface area contributed by atoms with E-state index in [1.165, 1.54) is 18.9 Å². The minimum absolute atomic E-state index is 0.275. The van der Waals surface area contributed by atoms with Gasteiger partial charge in [-0.2, -0.15) is 5.26 Å². The summed E-state index contributed by atoms with van der Waals surface area (Å²) in [5.74, 6) is 1.22. The summed E-state index contributed by atoms with van der Waals surface area (Å²) in [5.41, 5.74) is 3.54. The molecule has 172 valence electrons. The average Bonchev–Trinajstić information content (AvgIpc) is 3.24. The highest BCUT2D eigenvalue weighted by molar-refractivity contribution is 7.98. The van der Waals surface area contributed by atoms with Gasteiger partial charge in [0.1, 0.15) is 5.52 Å². The van der Waals surface area contributed by atoms with Crippen LogP contribution in [0.2, 0.25) is 0 Å². The smallest absolute Gasteiger partial charge is 0.264 e. The third kappa shape index (κ3) is 4.05. The average molecular weight is 482 g/mol. The molecule has 0 saturated carbocycles. The predicted molar refractivity (Wildman–Crippen MR) is 133 cm³/mol. The molecule has 8 nitrogen and oxygen atoms in total. The first-order valence-corrected chi connectivity index (χ1v) is 11.6. The number of nitriles is 1. The van der Waals surface area contributed by atoms with Crippen molar-refractivity contribution in [3.05, 3.63) is 83.4 Å². The molecule has 0 N–H and O–H groups in total. The molecule has 0 fully saturated rings. The zero-order valence-electron chi connectivity index (χ0n) is 18.9. The molecule has 0 saturated heterocycles. The highest BCUT2D eigenvalue weighted by Crippen LogP contribution is 2.31. The summed E-state index contributed by atoms with van der Waals surface area (Å²) in [7, 11) is 3.07. The number of thioether (sulfide) groups is 1. The fourth-order valence-electron chi connectivity index (χ4n) is 3.88. The van der Waals surface area contributed by atoms with Crippen LogP contribution in [0.1, 0.15) is 21.5 Å². The standard InChI is InChI=1S/C26H19N5O3S/c1-33-21-12-11-16(13-22(21)34-2)25(32)31-20-10-6-5-9-19(20)23-24(31)28-26(30-29-23)35-15-18-8-4-3-7-17(18)14-27/h3-13H,15H2,1-2H3. The summed E-state index contributed by atoms with van der Waals surface area (Å²) < 4.78 is 12.2. The van der Waals surface area contributed by atoms with Crippen molar-refractivity contribution >= 4 is 39.7 Å². The van der Waals surface area contributed by atoms with Gasteiger partial charge in [0, 0.05) is 16.7 Å². The number of carbonyl (C=O) groups is 1. The molecule has 35 heavy (non-hydrogen) atoms. The van der Waals surface area contributed by atoms with Crippen LogP contribution in [0.5, 0.6) is 11.5 Å². The van der Waals surface area contributed by atoms with Crippen LogP contribution < -0.4 is 9.47 Å². The molecular weight excluding hydrogens is 462 g/mol. The van der Waals surface area contributed by atoms with Gasteiger partial charge in [0.2, 0.25) is 5.16 Å². The van der Waals surface area contributed by atoms with E-state index in [-0.39, 0.29) is 5.91 Å². The molecule has 0 spiro atoms. The van der Waals surface area contributed by atoms with Crippen molar-refractivity contribution < 1.29 is 14.3 Å². The van der Waals surface area contributed by atoms with Gasteiger partial charge in [-0.05, 0) is 35.9 Å². The van der Waals surface area contributed by atoms with Gasteiger partial charge >= 0.3 is 0 Å². The van der Waals surface area contributed by atoms with Crippen LogP contribution >= 0.6 is 11.8 Å². The minimum Gasteiger partial charge on any atom is -0.493 e. The van der Waals surface area contributed by atoms with Crippen LogP contribution in [-0.2, 0) is 5.75 Å². The highest BCUT2D eigenvalue weighted by atomic mass is 32.2. The van der Waals surface area contributed by atoms with Crippen molar-refractivity contribution in [2.75, 3.05) is 14.2 Å². The Morgan fingerprint density at radius 3 is 2.57 bits per heavy atom. The fraction of sp³-hybridized carbons (Fsp3) is 0.115. The van der Waals surface area contributed by atoms with E-state index in [1.54, 1.807) is 35.9 Å². The molecule has 0 radical (unpaired) electrons. The predicted octanol–water partition coefficient (Wildman–Crippen LogP) is 4.85. The molecule has 2 heterocycles. The van der Waals surface area contributed by atoms with Crippen LogP contribution in [0.25, 0.3) is 22.1 Å². The van der Waals surface area contributed by atoms with E-state index in [1.807, 2.05) is 42.5 Å². The van der Waals surface area contributed by atoms with Crippen LogP contribution in [-0.4, -0.2) is 39.9 Å². The molecule has 0 amide bonds. The van der Waals surface area contributed by atoms with E-state index in [9.17, 15) is 10.1 Å². The number of hydrogen-bond acceptors (Lipinski definition) is 8. The first kappa shape index (κ1) is 22.4. The minimum atomic E-state index is -0.275. The molecule has 0 aliphatic carbocycles. The highest BCUT2D eigenvalue weighted by Gasteiger charge is 2.22. The molecule has 5 aromatic rings. The van der Waals surface area contributed by atoms with Crippen molar-refractivity contribution in [1.29, 1.82) is 5.26 Å². The summed E-state index contributed by atoms with van der Waals surface area (Å²) in [4.78, 5) is 18.4. The number of para-hydroxylation sites is 1. The lowest BCUT2D eigenvalue weighted by Gasteiger charge is -2.10. The van der Waals surface area contributed by atoms with Gasteiger partial charge in [0.05, 0.1) is 31.4 Å². The molecule has 2 aromatic heterocycles. The second kappa shape index (κ2) is 9.44. The van der Waals surface area contributed by atoms with Crippen LogP contribution in [0.15, 0.2) is 71.9 Å². The number of methoxy groups -OCH3 is 2. The van der Waals surface area contributed by atoms with Gasteiger partial charge in [-0.3, -0.25) is 9.36 Å². The van der Waals surface area contributed by atoms with Crippen molar-refractivity contribution in [3.8, 4) is 17.6 Å². The number of hydrogen-bond donors (Lipinski definition) is 0. The molecule has 0 atom stereocenters. The van der Waals surface area contributed by atoms with Gasteiger partial charge in [-0.25, -0.2) is 4.98 Å². The van der Waals surface area contributed by atoms with E-state index in [2.05, 4.69) is 16.3 Å². The van der Waals surface area contributed by atoms with Gasteiger partial charge in [0.15, 0.2) is 17.1 Å². The first-order chi connectivity index (χ1) is 17.1. The Kier molecular flexibility index (Phi) is 6.04. The van der Waals surface area contributed by atoms with E-state index in [4.69, 9.17) is 14.5 Å². The third-order valence-corrected chi connectivity index (χ3v) is 6.48. The Balaban J connectivity index is 1.59. The Morgan fingerprint density at radius 2 is 1.77 bits per heavy atom. The summed E-state index contributed by atoms with van der Waals surface area (Å²) in [6.45, 7) is 0. The molecule has 3 aromatic carbocycles. The van der Waals surface area contributed by atoms with Crippen molar-refractivity contribution in [2.24, 2.45) is 0 Å². The summed E-state index contributed by atoms with van der Waals surface area (Å²) >= 11 is 1.36. The summed E-state index contributed by atoms with van der Waals surface area (Å²) in [6.07, 6.45) is 0. The Bertz CT molecular complexity index is 1620. The summed E-state index contributed by atoms with van der Waals surface area (Å²) in [5, 5.41) is 19.2. The SMILES string of the molecule is COc1ccc(C(=O)n2c3ccccc3c3nnc(SCc4ccccc4C#N)nc32)cc1OC. The lowest BCUT2D eigenvalue weighted by atomic mass is 10.1. The molecule has 0 aliphatic rings. The second-order valence-electron chi connectivity index (χ2n) is 7.55. The number of ether oxygens (including phenoxy) is 2. The van der Waals surface area contributed by atoms with E-state index < -0.39 is 0 Å². The quantitative estimate of drug-likeness (QED) is 0.317. The molecule has 0 unspecified atom stereocenters. The maximum atomic E-state index is 13.7. The lowest BCUT2D eigenvalue weighted by molar-refractivity contribution is 0.0968. The first-order valence-electron chi connectivity index (χ1n) is 10.7. The van der Waals surface area contributed by atoms with Gasteiger partial charge < -0.3 is 9.47 Å². The van der Waals surface area contributed by atoms with Crippen molar-refractivity contribution in [3.63, 3.8) is 0 Å². The largest absolute Gasteiger partial charge is 0.493 e.